The molecule has 1 aromatic carbocycles. The average molecular weight is 318 g/mol. The highest BCUT2D eigenvalue weighted by Crippen LogP contribution is 2.19. The van der Waals surface area contributed by atoms with Gasteiger partial charge in [0, 0.05) is 24.7 Å². The van der Waals surface area contributed by atoms with Crippen molar-refractivity contribution in [3.8, 4) is 0 Å². The first-order chi connectivity index (χ1) is 10.8. The van der Waals surface area contributed by atoms with Gasteiger partial charge in [-0.2, -0.15) is 0 Å². The van der Waals surface area contributed by atoms with E-state index in [9.17, 15) is 9.90 Å². The van der Waals surface area contributed by atoms with Gasteiger partial charge < -0.3 is 14.9 Å². The predicted molar refractivity (Wildman–Crippen MR) is 93.7 cm³/mol. The van der Waals surface area contributed by atoms with E-state index >= 15 is 0 Å². The third-order valence-corrected chi connectivity index (χ3v) is 4.61. The summed E-state index contributed by atoms with van der Waals surface area (Å²) in [5.74, 6) is 0.127. The Morgan fingerprint density at radius 2 is 2.13 bits per heavy atom. The van der Waals surface area contributed by atoms with Crippen molar-refractivity contribution in [1.82, 2.24) is 9.80 Å². The predicted octanol–water partition coefficient (Wildman–Crippen LogP) is 2.56. The summed E-state index contributed by atoms with van der Waals surface area (Å²) in [7, 11) is 4.16. The smallest absolute Gasteiger partial charge is 0.253 e. The molecule has 0 saturated carbocycles. The number of likely N-dealkylation sites (N-methyl/N-ethyl adjacent to an activating group) is 1. The van der Waals surface area contributed by atoms with Crippen LogP contribution in [0.3, 0.4) is 0 Å². The quantitative estimate of drug-likeness (QED) is 0.907. The van der Waals surface area contributed by atoms with Gasteiger partial charge >= 0.3 is 0 Å². The maximum atomic E-state index is 12.8. The molecule has 2 rings (SSSR count). The van der Waals surface area contributed by atoms with E-state index in [4.69, 9.17) is 0 Å². The monoisotopic (exact) mass is 318 g/mol. The summed E-state index contributed by atoms with van der Waals surface area (Å²) in [6.45, 7) is 5.28. The largest absolute Gasteiger partial charge is 0.390 e. The number of amides is 1. The second kappa shape index (κ2) is 7.45. The minimum absolute atomic E-state index is 0.127. The van der Waals surface area contributed by atoms with Crippen molar-refractivity contribution in [3.05, 3.63) is 35.4 Å². The molecule has 1 amide bonds. The standard InChI is InChI=1S/C19H30N2O2/c1-19(2,23)11-10-15-7-5-8-16(13-15)18(22)21-12-6-9-17(14-21)20(3)4/h5,7-8,13,17,23H,6,9-12,14H2,1-4H3/t17-/m1/s1. The highest BCUT2D eigenvalue weighted by atomic mass is 16.3. The molecule has 0 spiro atoms. The molecule has 1 heterocycles. The lowest BCUT2D eigenvalue weighted by Gasteiger charge is -2.36. The van der Waals surface area contributed by atoms with Gasteiger partial charge in [0.1, 0.15) is 0 Å². The first-order valence-corrected chi connectivity index (χ1v) is 8.53. The molecule has 23 heavy (non-hydrogen) atoms. The van der Waals surface area contributed by atoms with Crippen LogP contribution in [0.15, 0.2) is 24.3 Å². The normalized spacial score (nSPS) is 19.2. The van der Waals surface area contributed by atoms with Gasteiger partial charge in [0.2, 0.25) is 0 Å². The zero-order valence-corrected chi connectivity index (χ0v) is 14.9. The Hall–Kier alpha value is -1.39. The Balaban J connectivity index is 2.04. The molecule has 4 nitrogen and oxygen atoms in total. The number of aryl methyl sites for hydroxylation is 1. The molecule has 1 saturated heterocycles. The third-order valence-electron chi connectivity index (χ3n) is 4.61. The lowest BCUT2D eigenvalue weighted by atomic mass is 9.97. The van der Waals surface area contributed by atoms with Crippen LogP contribution in [0.5, 0.6) is 0 Å². The van der Waals surface area contributed by atoms with Crippen LogP contribution in [-0.2, 0) is 6.42 Å². The van der Waals surface area contributed by atoms with Crippen LogP contribution in [0.25, 0.3) is 0 Å². The van der Waals surface area contributed by atoms with Crippen molar-refractivity contribution in [2.45, 2.75) is 51.2 Å². The fraction of sp³-hybridized carbons (Fsp3) is 0.632. The SMILES string of the molecule is CN(C)[C@@H]1CCCN(C(=O)c2cccc(CCC(C)(C)O)c2)C1. The molecule has 1 aliphatic heterocycles. The summed E-state index contributed by atoms with van der Waals surface area (Å²) in [5.41, 5.74) is 1.20. The number of carbonyl (C=O) groups excluding carboxylic acids is 1. The first kappa shape index (κ1) is 18.0. The van der Waals surface area contributed by atoms with E-state index < -0.39 is 5.60 Å². The van der Waals surface area contributed by atoms with E-state index in [1.807, 2.05) is 43.0 Å². The maximum absolute atomic E-state index is 12.8. The van der Waals surface area contributed by atoms with Crippen molar-refractivity contribution >= 4 is 5.91 Å². The van der Waals surface area contributed by atoms with E-state index in [1.165, 1.54) is 0 Å². The second-order valence-electron chi connectivity index (χ2n) is 7.52. The van der Waals surface area contributed by atoms with Crippen LogP contribution in [0.4, 0.5) is 0 Å². The summed E-state index contributed by atoms with van der Waals surface area (Å²) in [6, 6.07) is 8.30. The first-order valence-electron chi connectivity index (χ1n) is 8.53. The van der Waals surface area contributed by atoms with Crippen LogP contribution in [0, 0.1) is 0 Å². The molecule has 0 unspecified atom stereocenters. The molecule has 0 aromatic heterocycles. The van der Waals surface area contributed by atoms with E-state index in [1.54, 1.807) is 0 Å². The number of benzene rings is 1. The zero-order chi connectivity index (χ0) is 17.0. The number of nitrogens with zero attached hydrogens (tertiary/aromatic N) is 2. The molecule has 1 aromatic rings. The molecular weight excluding hydrogens is 288 g/mol. The van der Waals surface area contributed by atoms with Gasteiger partial charge in [0.05, 0.1) is 5.60 Å². The van der Waals surface area contributed by atoms with Crippen molar-refractivity contribution in [2.75, 3.05) is 27.2 Å². The van der Waals surface area contributed by atoms with E-state index in [-0.39, 0.29) is 5.91 Å². The number of piperidine rings is 1. The Kier molecular flexibility index (Phi) is 5.82. The van der Waals surface area contributed by atoms with E-state index in [0.717, 1.165) is 43.5 Å². The van der Waals surface area contributed by atoms with Crippen molar-refractivity contribution in [1.29, 1.82) is 0 Å². The summed E-state index contributed by atoms with van der Waals surface area (Å²) >= 11 is 0. The highest BCUT2D eigenvalue weighted by Gasteiger charge is 2.25. The Morgan fingerprint density at radius 1 is 1.39 bits per heavy atom. The Morgan fingerprint density at radius 3 is 2.78 bits per heavy atom. The lowest BCUT2D eigenvalue weighted by molar-refractivity contribution is 0.0635. The van der Waals surface area contributed by atoms with Crippen molar-refractivity contribution < 1.29 is 9.90 Å². The number of aliphatic hydroxyl groups is 1. The number of carbonyl (C=O) groups is 1. The second-order valence-corrected chi connectivity index (χ2v) is 7.52. The van der Waals surface area contributed by atoms with Crippen molar-refractivity contribution in [2.24, 2.45) is 0 Å². The maximum Gasteiger partial charge on any atom is 0.253 e. The Bertz CT molecular complexity index is 534. The van der Waals surface area contributed by atoms with Gasteiger partial charge in [0.15, 0.2) is 0 Å². The van der Waals surface area contributed by atoms with E-state index in [2.05, 4.69) is 19.0 Å². The molecule has 1 atom stereocenters. The fourth-order valence-corrected chi connectivity index (χ4v) is 3.05. The number of hydrogen-bond donors (Lipinski definition) is 1. The number of likely N-dealkylation sites (tertiary alicyclic amines) is 1. The van der Waals surface area contributed by atoms with Crippen LogP contribution in [0.2, 0.25) is 0 Å². The van der Waals surface area contributed by atoms with Gasteiger partial charge in [-0.1, -0.05) is 12.1 Å². The molecular formula is C19H30N2O2. The summed E-state index contributed by atoms with van der Waals surface area (Å²) in [5, 5.41) is 9.86. The van der Waals surface area contributed by atoms with Gasteiger partial charge in [-0.15, -0.1) is 0 Å². The van der Waals surface area contributed by atoms with Crippen molar-refractivity contribution in [3.63, 3.8) is 0 Å². The molecule has 4 heteroatoms. The zero-order valence-electron chi connectivity index (χ0n) is 14.9. The highest BCUT2D eigenvalue weighted by molar-refractivity contribution is 5.94. The minimum atomic E-state index is -0.675. The minimum Gasteiger partial charge on any atom is -0.390 e. The third kappa shape index (κ3) is 5.33. The summed E-state index contributed by atoms with van der Waals surface area (Å²) < 4.78 is 0. The van der Waals surface area contributed by atoms with Crippen LogP contribution >= 0.6 is 0 Å². The molecule has 1 aliphatic rings. The van der Waals surface area contributed by atoms with Gasteiger partial charge in [-0.05, 0) is 71.3 Å². The summed E-state index contributed by atoms with van der Waals surface area (Å²) in [6.07, 6.45) is 3.69. The summed E-state index contributed by atoms with van der Waals surface area (Å²) in [4.78, 5) is 17.0. The van der Waals surface area contributed by atoms with Gasteiger partial charge in [-0.25, -0.2) is 0 Å². The van der Waals surface area contributed by atoms with Gasteiger partial charge in [-0.3, -0.25) is 4.79 Å². The molecule has 0 bridgehead atoms. The van der Waals surface area contributed by atoms with Gasteiger partial charge in [0.25, 0.3) is 5.91 Å². The molecule has 1 N–H and O–H groups in total. The number of rotatable bonds is 5. The fourth-order valence-electron chi connectivity index (χ4n) is 3.05. The molecule has 128 valence electrons. The topological polar surface area (TPSA) is 43.8 Å². The number of hydrogen-bond acceptors (Lipinski definition) is 3. The van der Waals surface area contributed by atoms with E-state index in [0.29, 0.717) is 12.5 Å². The molecule has 0 radical (unpaired) electrons. The van der Waals surface area contributed by atoms with Crippen LogP contribution < -0.4 is 0 Å². The average Bonchev–Trinajstić information content (AvgIpc) is 2.52. The lowest BCUT2D eigenvalue weighted by Crippen LogP contribution is -2.47. The molecule has 1 fully saturated rings. The Labute approximate surface area is 140 Å². The molecule has 0 aliphatic carbocycles. The van der Waals surface area contributed by atoms with Crippen LogP contribution in [0.1, 0.15) is 49.0 Å². The van der Waals surface area contributed by atoms with Crippen LogP contribution in [-0.4, -0.2) is 59.6 Å².